The Morgan fingerprint density at radius 2 is 2.35 bits per heavy atom. The van der Waals surface area contributed by atoms with Gasteiger partial charge in [-0.25, -0.2) is 15.0 Å². The zero-order valence-corrected chi connectivity index (χ0v) is 11.5. The summed E-state index contributed by atoms with van der Waals surface area (Å²) in [7, 11) is 0. The summed E-state index contributed by atoms with van der Waals surface area (Å²) in [5.41, 5.74) is 0.408. The summed E-state index contributed by atoms with van der Waals surface area (Å²) < 4.78 is 5.12. The highest BCUT2D eigenvalue weighted by atomic mass is 16.3. The fourth-order valence-corrected chi connectivity index (χ4v) is 2.68. The summed E-state index contributed by atoms with van der Waals surface area (Å²) >= 11 is 0. The molecule has 20 heavy (non-hydrogen) atoms. The van der Waals surface area contributed by atoms with Crippen molar-refractivity contribution in [2.24, 2.45) is 0 Å². The molecule has 1 saturated heterocycles. The van der Waals surface area contributed by atoms with Gasteiger partial charge in [0.1, 0.15) is 5.54 Å². The van der Waals surface area contributed by atoms with Crippen LogP contribution in [0, 0.1) is 6.92 Å². The van der Waals surface area contributed by atoms with Crippen LogP contribution in [-0.2, 0) is 5.54 Å². The van der Waals surface area contributed by atoms with Gasteiger partial charge in [0.25, 0.3) is 5.91 Å². The normalized spacial score (nSPS) is 22.2. The Kier molecular flexibility index (Phi) is 3.00. The standard InChI is InChI=1S/C14H16N4O2/c1-10-4-6-16-13(17-10)14(2)5-3-7-18(14)12(19)11-8-15-9-20-11/h4,6,8-9H,3,5,7H2,1-2H3/t14-/m0/s1. The van der Waals surface area contributed by atoms with Crippen molar-refractivity contribution in [3.63, 3.8) is 0 Å². The number of hydrogen-bond donors (Lipinski definition) is 0. The molecule has 1 aliphatic rings. The van der Waals surface area contributed by atoms with Gasteiger partial charge in [0.15, 0.2) is 12.2 Å². The van der Waals surface area contributed by atoms with Crippen molar-refractivity contribution in [3.05, 3.63) is 42.1 Å². The number of carbonyl (C=O) groups is 1. The third-order valence-electron chi connectivity index (χ3n) is 3.81. The minimum atomic E-state index is -0.490. The molecule has 3 heterocycles. The fourth-order valence-electron chi connectivity index (χ4n) is 2.68. The highest BCUT2D eigenvalue weighted by molar-refractivity contribution is 5.91. The zero-order valence-electron chi connectivity index (χ0n) is 11.5. The number of aromatic nitrogens is 3. The molecule has 1 fully saturated rings. The minimum Gasteiger partial charge on any atom is -0.438 e. The van der Waals surface area contributed by atoms with E-state index in [0.717, 1.165) is 18.5 Å². The fraction of sp³-hybridized carbons (Fsp3) is 0.429. The first-order valence-corrected chi connectivity index (χ1v) is 6.62. The van der Waals surface area contributed by atoms with Crippen LogP contribution in [0.25, 0.3) is 0 Å². The van der Waals surface area contributed by atoms with E-state index in [9.17, 15) is 4.79 Å². The van der Waals surface area contributed by atoms with Gasteiger partial charge in [0, 0.05) is 18.4 Å². The second-order valence-electron chi connectivity index (χ2n) is 5.22. The first-order valence-electron chi connectivity index (χ1n) is 6.62. The molecule has 2 aromatic heterocycles. The number of hydrogen-bond acceptors (Lipinski definition) is 5. The van der Waals surface area contributed by atoms with Gasteiger partial charge >= 0.3 is 0 Å². The number of rotatable bonds is 2. The van der Waals surface area contributed by atoms with Crippen molar-refractivity contribution in [1.29, 1.82) is 0 Å². The van der Waals surface area contributed by atoms with Crippen molar-refractivity contribution in [2.45, 2.75) is 32.2 Å². The maximum Gasteiger partial charge on any atom is 0.292 e. The summed E-state index contributed by atoms with van der Waals surface area (Å²) in [6.07, 6.45) is 6.21. The summed E-state index contributed by atoms with van der Waals surface area (Å²) in [6, 6.07) is 1.85. The van der Waals surface area contributed by atoms with E-state index in [0.29, 0.717) is 12.4 Å². The Morgan fingerprint density at radius 1 is 1.50 bits per heavy atom. The molecule has 0 aliphatic carbocycles. The number of oxazole rings is 1. The largest absolute Gasteiger partial charge is 0.438 e. The van der Waals surface area contributed by atoms with Gasteiger partial charge in [-0.2, -0.15) is 0 Å². The molecule has 104 valence electrons. The topological polar surface area (TPSA) is 72.1 Å². The van der Waals surface area contributed by atoms with E-state index in [1.807, 2.05) is 19.9 Å². The molecule has 0 spiro atoms. The van der Waals surface area contributed by atoms with Crippen LogP contribution < -0.4 is 0 Å². The number of likely N-dealkylation sites (tertiary alicyclic amines) is 1. The van der Waals surface area contributed by atoms with Crippen LogP contribution in [0.5, 0.6) is 0 Å². The van der Waals surface area contributed by atoms with Crippen molar-refractivity contribution < 1.29 is 9.21 Å². The Bertz CT molecular complexity index is 626. The molecule has 0 N–H and O–H groups in total. The molecule has 6 nitrogen and oxygen atoms in total. The summed E-state index contributed by atoms with van der Waals surface area (Å²) in [6.45, 7) is 4.60. The van der Waals surface area contributed by atoms with Crippen LogP contribution >= 0.6 is 0 Å². The molecule has 0 bridgehead atoms. The van der Waals surface area contributed by atoms with Gasteiger partial charge in [0.2, 0.25) is 5.76 Å². The molecule has 1 aliphatic heterocycles. The molecule has 3 rings (SSSR count). The average Bonchev–Trinajstić information content (AvgIpc) is 3.08. The number of nitrogens with zero attached hydrogens (tertiary/aromatic N) is 4. The quantitative estimate of drug-likeness (QED) is 0.835. The molecule has 1 amide bonds. The highest BCUT2D eigenvalue weighted by Gasteiger charge is 2.44. The van der Waals surface area contributed by atoms with Gasteiger partial charge < -0.3 is 9.32 Å². The molecule has 0 unspecified atom stereocenters. The number of carbonyl (C=O) groups excluding carboxylic acids is 1. The molecular weight excluding hydrogens is 256 g/mol. The predicted molar refractivity (Wildman–Crippen MR) is 70.9 cm³/mol. The predicted octanol–water partition coefficient (Wildman–Crippen LogP) is 1.92. The lowest BCUT2D eigenvalue weighted by atomic mass is 9.97. The van der Waals surface area contributed by atoms with Crippen molar-refractivity contribution in [1.82, 2.24) is 19.9 Å². The van der Waals surface area contributed by atoms with Gasteiger partial charge in [-0.1, -0.05) is 0 Å². The molecular formula is C14H16N4O2. The van der Waals surface area contributed by atoms with E-state index in [1.165, 1.54) is 12.6 Å². The lowest BCUT2D eigenvalue weighted by molar-refractivity contribution is 0.0571. The Balaban J connectivity index is 1.97. The van der Waals surface area contributed by atoms with Gasteiger partial charge in [-0.15, -0.1) is 0 Å². The van der Waals surface area contributed by atoms with Crippen molar-refractivity contribution in [3.8, 4) is 0 Å². The lowest BCUT2D eigenvalue weighted by Gasteiger charge is -2.33. The van der Waals surface area contributed by atoms with Gasteiger partial charge in [0.05, 0.1) is 6.20 Å². The van der Waals surface area contributed by atoms with Crippen LogP contribution in [0.2, 0.25) is 0 Å². The molecule has 1 atom stereocenters. The average molecular weight is 272 g/mol. The summed E-state index contributed by atoms with van der Waals surface area (Å²) in [5.74, 6) is 0.779. The molecule has 2 aromatic rings. The van der Waals surface area contributed by atoms with E-state index in [4.69, 9.17) is 4.42 Å². The first-order chi connectivity index (χ1) is 9.61. The Morgan fingerprint density at radius 3 is 3.05 bits per heavy atom. The van der Waals surface area contributed by atoms with Gasteiger partial charge in [-0.3, -0.25) is 4.79 Å². The number of aryl methyl sites for hydroxylation is 1. The Hall–Kier alpha value is -2.24. The van der Waals surface area contributed by atoms with E-state index in [-0.39, 0.29) is 11.7 Å². The second-order valence-corrected chi connectivity index (χ2v) is 5.22. The summed E-state index contributed by atoms with van der Waals surface area (Å²) in [5, 5.41) is 0. The van der Waals surface area contributed by atoms with Crippen LogP contribution in [0.1, 0.15) is 41.8 Å². The first kappa shape index (κ1) is 12.8. The van der Waals surface area contributed by atoms with Crippen LogP contribution in [0.15, 0.2) is 29.3 Å². The SMILES string of the molecule is Cc1ccnc([C@]2(C)CCCN2C(=O)c2cnco2)n1. The van der Waals surface area contributed by atoms with Crippen LogP contribution in [-0.4, -0.2) is 32.3 Å². The van der Waals surface area contributed by atoms with Gasteiger partial charge in [-0.05, 0) is 32.8 Å². The van der Waals surface area contributed by atoms with Crippen LogP contribution in [0.4, 0.5) is 0 Å². The highest BCUT2D eigenvalue weighted by Crippen LogP contribution is 2.37. The third-order valence-corrected chi connectivity index (χ3v) is 3.81. The van der Waals surface area contributed by atoms with E-state index >= 15 is 0 Å². The third kappa shape index (κ3) is 1.97. The van der Waals surface area contributed by atoms with E-state index < -0.39 is 5.54 Å². The van der Waals surface area contributed by atoms with Crippen molar-refractivity contribution in [2.75, 3.05) is 6.54 Å². The summed E-state index contributed by atoms with van der Waals surface area (Å²) in [4.78, 5) is 26.9. The van der Waals surface area contributed by atoms with E-state index in [2.05, 4.69) is 15.0 Å². The molecule has 0 radical (unpaired) electrons. The Labute approximate surface area is 116 Å². The maximum absolute atomic E-state index is 12.5. The monoisotopic (exact) mass is 272 g/mol. The van der Waals surface area contributed by atoms with Crippen molar-refractivity contribution >= 4 is 5.91 Å². The smallest absolute Gasteiger partial charge is 0.292 e. The molecule has 6 heteroatoms. The minimum absolute atomic E-state index is 0.160. The second kappa shape index (κ2) is 4.70. The van der Waals surface area contributed by atoms with E-state index in [1.54, 1.807) is 11.1 Å². The molecule has 0 aromatic carbocycles. The lowest BCUT2D eigenvalue weighted by Crippen LogP contribution is -2.44. The zero-order chi connectivity index (χ0) is 14.2. The van der Waals surface area contributed by atoms with Crippen LogP contribution in [0.3, 0.4) is 0 Å². The molecule has 0 saturated carbocycles. The number of amides is 1. The maximum atomic E-state index is 12.5.